The lowest BCUT2D eigenvalue weighted by atomic mass is 11.6. The molecule has 0 rings (SSSR count). The van der Waals surface area contributed by atoms with E-state index in [2.05, 4.69) is 14.7 Å². The molecule has 0 aliphatic rings. The highest BCUT2D eigenvalue weighted by atomic mass is 29.3. The minimum Gasteiger partial charge on any atom is -0.455 e. The van der Waals surface area contributed by atoms with Crippen molar-refractivity contribution in [1.29, 1.82) is 0 Å². The maximum Gasteiger partial charge on any atom is 0.235 e. The number of aliphatic hydroxyl groups is 1. The van der Waals surface area contributed by atoms with Gasteiger partial charge in [0.15, 0.2) is 7.83 Å². The summed E-state index contributed by atoms with van der Waals surface area (Å²) in [7, 11) is -7.40. The second-order valence-corrected chi connectivity index (χ2v) is 23.9. The van der Waals surface area contributed by atoms with Crippen LogP contribution in [0.1, 0.15) is 0 Å². The average molecular weight is 333 g/mol. The van der Waals surface area contributed by atoms with Crippen molar-refractivity contribution in [1.82, 2.24) is 0 Å². The van der Waals surface area contributed by atoms with Crippen molar-refractivity contribution in [3.63, 3.8) is 0 Å². The van der Waals surface area contributed by atoms with Gasteiger partial charge >= 0.3 is 0 Å². The molecular weight excluding hydrogens is 308 g/mol. The van der Waals surface area contributed by atoms with Gasteiger partial charge in [-0.3, -0.25) is 15.8 Å². The Labute approximate surface area is 115 Å². The molecule has 1 atom stereocenters. The lowest BCUT2D eigenvalue weighted by Crippen LogP contribution is -2.69. The zero-order valence-electron chi connectivity index (χ0n) is 11.8. The number of rotatable bonds is 10. The van der Waals surface area contributed by atoms with Crippen LogP contribution in [0.15, 0.2) is 0 Å². The summed E-state index contributed by atoms with van der Waals surface area (Å²) in [6.45, 7) is 7.45. The van der Waals surface area contributed by atoms with Crippen LogP contribution in [0.5, 0.6) is 0 Å². The van der Waals surface area contributed by atoms with Crippen LogP contribution >= 0.6 is 0 Å². The van der Waals surface area contributed by atoms with E-state index in [9.17, 15) is 5.11 Å². The third kappa shape index (κ3) is 5.31. The number of hydrogen-bond acceptors (Lipinski definition) is 8. The second-order valence-electron chi connectivity index (χ2n) is 5.60. The van der Waals surface area contributed by atoms with Gasteiger partial charge < -0.3 is 9.22 Å². The van der Waals surface area contributed by atoms with Gasteiger partial charge in [-0.1, -0.05) is 6.55 Å². The van der Waals surface area contributed by atoms with Crippen molar-refractivity contribution < 1.29 is 39.7 Å². The smallest absolute Gasteiger partial charge is 0.235 e. The minimum atomic E-state index is -2.64. The molecule has 0 aliphatic heterocycles. The van der Waals surface area contributed by atoms with E-state index in [-0.39, 0.29) is 24.9 Å². The molecule has 0 fully saturated rings. The molecule has 0 heterocycles. The summed E-state index contributed by atoms with van der Waals surface area (Å²) in [5.74, 6) is 0. The fourth-order valence-electron chi connectivity index (χ4n) is 1.67. The van der Waals surface area contributed by atoms with Gasteiger partial charge in [0.2, 0.25) is 8.32 Å². The van der Waals surface area contributed by atoms with Crippen LogP contribution in [0.3, 0.4) is 0 Å². The van der Waals surface area contributed by atoms with E-state index in [1.807, 2.05) is 19.6 Å². The molecule has 0 radical (unpaired) electrons. The Morgan fingerprint density at radius 2 is 1.21 bits per heavy atom. The topological polar surface area (TPSA) is 118 Å². The SMILES string of the molecule is C[Si](COO)(COO)O[Si](C)(C)[Si](C)(CO)COO. The molecule has 0 aromatic rings. The van der Waals surface area contributed by atoms with Gasteiger partial charge in [0.05, 0.1) is 6.23 Å². The van der Waals surface area contributed by atoms with Gasteiger partial charge in [-0.05, 0) is 19.6 Å². The molecule has 0 saturated heterocycles. The van der Waals surface area contributed by atoms with Crippen LogP contribution in [0.2, 0.25) is 26.2 Å². The maximum absolute atomic E-state index is 9.59. The quantitative estimate of drug-likeness (QED) is 0.260. The first-order valence-corrected chi connectivity index (χ1v) is 15.4. The van der Waals surface area contributed by atoms with Crippen molar-refractivity contribution in [3.8, 4) is 0 Å². The number of hydrogen-bond donors (Lipinski definition) is 4. The molecule has 1 unspecified atom stereocenters. The Kier molecular flexibility index (Phi) is 8.08. The molecule has 0 aromatic heterocycles. The van der Waals surface area contributed by atoms with E-state index in [1.165, 1.54) is 0 Å². The van der Waals surface area contributed by atoms with Crippen LogP contribution in [0.4, 0.5) is 0 Å². The predicted octanol–water partition coefficient (Wildman–Crippen LogP) is 0.558. The standard InChI is InChI=1S/C8H24O8Si3/c1-17(2,19(4,5-9)8-15-12)16-18(3,6-13-10)7-14-11/h9-12H,5-8H2,1-4H3. The van der Waals surface area contributed by atoms with Gasteiger partial charge in [0.1, 0.15) is 20.1 Å². The Balaban J connectivity index is 5.06. The van der Waals surface area contributed by atoms with Crippen LogP contribution < -0.4 is 0 Å². The van der Waals surface area contributed by atoms with Gasteiger partial charge in [-0.25, -0.2) is 14.7 Å². The molecule has 0 saturated carbocycles. The van der Waals surface area contributed by atoms with Crippen LogP contribution in [-0.2, 0) is 18.8 Å². The molecule has 8 nitrogen and oxygen atoms in total. The zero-order valence-corrected chi connectivity index (χ0v) is 14.8. The molecule has 11 heteroatoms. The number of aliphatic hydroxyl groups excluding tert-OH is 1. The van der Waals surface area contributed by atoms with Crippen molar-refractivity contribution >= 4 is 23.7 Å². The molecule has 0 aromatic carbocycles. The third-order valence-electron chi connectivity index (χ3n) is 3.43. The average Bonchev–Trinajstić information content (AvgIpc) is 2.28. The van der Waals surface area contributed by atoms with Gasteiger partial charge in [-0.15, -0.1) is 0 Å². The first-order valence-electron chi connectivity index (χ1n) is 5.80. The van der Waals surface area contributed by atoms with E-state index < -0.39 is 23.7 Å². The summed E-state index contributed by atoms with van der Waals surface area (Å²) in [6, 6.07) is 0. The summed E-state index contributed by atoms with van der Waals surface area (Å²) < 4.78 is 6.13. The molecule has 0 bridgehead atoms. The van der Waals surface area contributed by atoms with Crippen molar-refractivity contribution in [2.24, 2.45) is 0 Å². The minimum absolute atomic E-state index is 0.0557. The summed E-state index contributed by atoms with van der Waals surface area (Å²) >= 11 is 0. The summed E-state index contributed by atoms with van der Waals surface area (Å²) in [5.41, 5.74) is 0. The van der Waals surface area contributed by atoms with Gasteiger partial charge in [-0.2, -0.15) is 0 Å². The normalized spacial score (nSPS) is 16.4. The molecule has 0 spiro atoms. The van der Waals surface area contributed by atoms with E-state index in [0.29, 0.717) is 0 Å². The summed E-state index contributed by atoms with van der Waals surface area (Å²) in [6.07, 6.45) is -0.135. The van der Waals surface area contributed by atoms with Crippen LogP contribution in [-0.4, -0.2) is 69.5 Å². The molecule has 4 N–H and O–H groups in total. The Morgan fingerprint density at radius 1 is 0.789 bits per heavy atom. The van der Waals surface area contributed by atoms with Gasteiger partial charge in [0, 0.05) is 6.23 Å². The Hall–Kier alpha value is 0.331. The zero-order chi connectivity index (χ0) is 15.2. The second kappa shape index (κ2) is 7.94. The third-order valence-corrected chi connectivity index (χ3v) is 23.8. The van der Waals surface area contributed by atoms with Crippen molar-refractivity contribution in [2.45, 2.75) is 26.2 Å². The fraction of sp³-hybridized carbons (Fsp3) is 1.00. The largest absolute Gasteiger partial charge is 0.455 e. The fourth-order valence-corrected chi connectivity index (χ4v) is 16.6. The molecule has 0 amide bonds. The van der Waals surface area contributed by atoms with E-state index in [1.54, 1.807) is 6.55 Å². The highest BCUT2D eigenvalue weighted by molar-refractivity contribution is 7.39. The van der Waals surface area contributed by atoms with Crippen LogP contribution in [0.25, 0.3) is 0 Å². The Morgan fingerprint density at radius 3 is 1.53 bits per heavy atom. The maximum atomic E-state index is 9.59. The highest BCUT2D eigenvalue weighted by Crippen LogP contribution is 2.25. The van der Waals surface area contributed by atoms with Crippen molar-refractivity contribution in [2.75, 3.05) is 24.9 Å². The summed E-state index contributed by atoms with van der Waals surface area (Å²) in [5, 5.41) is 35.5. The van der Waals surface area contributed by atoms with Crippen molar-refractivity contribution in [3.05, 3.63) is 0 Å². The van der Waals surface area contributed by atoms with E-state index >= 15 is 0 Å². The van der Waals surface area contributed by atoms with E-state index in [4.69, 9.17) is 19.9 Å². The predicted molar refractivity (Wildman–Crippen MR) is 74.6 cm³/mol. The molecule has 0 aliphatic carbocycles. The first-order chi connectivity index (χ1) is 8.70. The summed E-state index contributed by atoms with van der Waals surface area (Å²) in [4.78, 5) is 12.5. The van der Waals surface area contributed by atoms with Crippen LogP contribution in [0, 0.1) is 0 Å². The lowest BCUT2D eigenvalue weighted by molar-refractivity contribution is -0.241. The Bertz CT molecular complexity index is 260. The highest BCUT2D eigenvalue weighted by Gasteiger charge is 2.51. The first kappa shape index (κ1) is 19.3. The monoisotopic (exact) mass is 332 g/mol. The molecule has 19 heavy (non-hydrogen) atoms. The molecular formula is C8H24O8Si3. The molecule has 116 valence electrons. The lowest BCUT2D eigenvalue weighted by Gasteiger charge is -2.43. The van der Waals surface area contributed by atoms with E-state index in [0.717, 1.165) is 0 Å². The van der Waals surface area contributed by atoms with Gasteiger partial charge in [0.25, 0.3) is 0 Å².